The summed E-state index contributed by atoms with van der Waals surface area (Å²) in [7, 11) is 1.85. The van der Waals surface area contributed by atoms with Crippen LogP contribution in [0.3, 0.4) is 0 Å². The van der Waals surface area contributed by atoms with Gasteiger partial charge in [-0.3, -0.25) is 4.79 Å². The molecule has 0 atom stereocenters. The quantitative estimate of drug-likeness (QED) is 0.255. The second-order valence-electron chi connectivity index (χ2n) is 7.26. The van der Waals surface area contributed by atoms with E-state index in [-0.39, 0.29) is 12.5 Å². The Labute approximate surface area is 202 Å². The second kappa shape index (κ2) is 9.51. The Bertz CT molecular complexity index is 1350. The smallest absolute Gasteiger partial charge is 0.404 e. The normalized spacial score (nSPS) is 10.8. The zero-order chi connectivity index (χ0) is 23.5. The van der Waals surface area contributed by atoms with Gasteiger partial charge in [-0.2, -0.15) is 0 Å². The van der Waals surface area contributed by atoms with Crippen LogP contribution in [0.1, 0.15) is 15.9 Å². The summed E-state index contributed by atoms with van der Waals surface area (Å²) in [4.78, 5) is 28.0. The highest BCUT2D eigenvalue weighted by atomic mass is 79.9. The standard InChI is InChI=1S/C23H19BrClN5O3/c1-30-20-9-3-14(21(31)27-16-6-4-15(24)5-7-16)11-19(20)29-22(30)28-18-10-13(2-8-17(18)25)12-26-23(32)33/h2-11,26H,12H2,1H3,(H,27,31)(H,28,29)(H,32,33). The van der Waals surface area contributed by atoms with Gasteiger partial charge in [0.25, 0.3) is 5.91 Å². The highest BCUT2D eigenvalue weighted by Gasteiger charge is 2.14. The zero-order valence-corrected chi connectivity index (χ0v) is 19.7. The van der Waals surface area contributed by atoms with Gasteiger partial charge in [-0.05, 0) is 60.2 Å². The minimum absolute atomic E-state index is 0.153. The van der Waals surface area contributed by atoms with Gasteiger partial charge in [-0.15, -0.1) is 0 Å². The molecule has 4 aromatic rings. The van der Waals surface area contributed by atoms with Gasteiger partial charge in [0, 0.05) is 29.3 Å². The molecule has 0 saturated carbocycles. The Morgan fingerprint density at radius 2 is 1.85 bits per heavy atom. The number of amides is 2. The summed E-state index contributed by atoms with van der Waals surface area (Å²) >= 11 is 9.70. The highest BCUT2D eigenvalue weighted by molar-refractivity contribution is 9.10. The van der Waals surface area contributed by atoms with E-state index in [2.05, 4.69) is 36.9 Å². The van der Waals surface area contributed by atoms with E-state index in [1.165, 1.54) is 0 Å². The molecule has 33 heavy (non-hydrogen) atoms. The molecule has 0 saturated heterocycles. The lowest BCUT2D eigenvalue weighted by atomic mass is 10.2. The number of carboxylic acid groups (broad SMARTS) is 1. The molecule has 2 amide bonds. The molecule has 0 bridgehead atoms. The van der Waals surface area contributed by atoms with E-state index in [1.807, 2.05) is 41.9 Å². The number of nitrogens with one attached hydrogen (secondary N) is 3. The predicted octanol–water partition coefficient (Wildman–Crippen LogP) is 5.75. The van der Waals surface area contributed by atoms with Gasteiger partial charge in [-0.1, -0.05) is 33.6 Å². The van der Waals surface area contributed by atoms with E-state index in [0.29, 0.717) is 33.4 Å². The number of benzene rings is 3. The Morgan fingerprint density at radius 1 is 1.09 bits per heavy atom. The molecule has 4 rings (SSSR count). The second-order valence-corrected chi connectivity index (χ2v) is 8.58. The van der Waals surface area contributed by atoms with Crippen molar-refractivity contribution in [2.75, 3.05) is 10.6 Å². The SMILES string of the molecule is Cn1c(Nc2cc(CNC(=O)O)ccc2Cl)nc2cc(C(=O)Nc3ccc(Br)cc3)ccc21. The maximum absolute atomic E-state index is 12.7. The number of rotatable bonds is 6. The van der Waals surface area contributed by atoms with E-state index in [4.69, 9.17) is 16.7 Å². The summed E-state index contributed by atoms with van der Waals surface area (Å²) in [6.07, 6.45) is -1.10. The summed E-state index contributed by atoms with van der Waals surface area (Å²) in [6, 6.07) is 17.8. The lowest BCUT2D eigenvalue weighted by Gasteiger charge is -2.10. The fourth-order valence-corrected chi connectivity index (χ4v) is 3.69. The van der Waals surface area contributed by atoms with E-state index >= 15 is 0 Å². The fourth-order valence-electron chi connectivity index (χ4n) is 3.27. The van der Waals surface area contributed by atoms with Gasteiger partial charge in [0.15, 0.2) is 0 Å². The number of carbonyl (C=O) groups excluding carboxylic acids is 1. The van der Waals surface area contributed by atoms with Gasteiger partial charge in [0.05, 0.1) is 21.7 Å². The first-order valence-corrected chi connectivity index (χ1v) is 11.0. The van der Waals surface area contributed by atoms with Gasteiger partial charge >= 0.3 is 6.09 Å². The molecule has 0 radical (unpaired) electrons. The lowest BCUT2D eigenvalue weighted by Crippen LogP contribution is -2.19. The Morgan fingerprint density at radius 3 is 2.58 bits per heavy atom. The zero-order valence-electron chi connectivity index (χ0n) is 17.4. The van der Waals surface area contributed by atoms with Crippen LogP contribution in [0.2, 0.25) is 5.02 Å². The highest BCUT2D eigenvalue weighted by Crippen LogP contribution is 2.28. The molecule has 0 unspecified atom stereocenters. The van der Waals surface area contributed by atoms with E-state index in [9.17, 15) is 9.59 Å². The predicted molar refractivity (Wildman–Crippen MR) is 132 cm³/mol. The molecule has 0 fully saturated rings. The van der Waals surface area contributed by atoms with Crippen molar-refractivity contribution in [3.8, 4) is 0 Å². The number of anilines is 3. The number of imidazole rings is 1. The van der Waals surface area contributed by atoms with E-state index in [0.717, 1.165) is 15.6 Å². The first-order chi connectivity index (χ1) is 15.8. The maximum Gasteiger partial charge on any atom is 0.404 e. The molecule has 4 N–H and O–H groups in total. The molecule has 10 heteroatoms. The first kappa shape index (κ1) is 22.6. The van der Waals surface area contributed by atoms with Crippen LogP contribution in [0.15, 0.2) is 65.1 Å². The minimum Gasteiger partial charge on any atom is -0.465 e. The number of fused-ring (bicyclic) bond motifs is 1. The van der Waals surface area contributed by atoms with Crippen molar-refractivity contribution in [2.24, 2.45) is 7.05 Å². The van der Waals surface area contributed by atoms with E-state index in [1.54, 1.807) is 30.3 Å². The van der Waals surface area contributed by atoms with Crippen molar-refractivity contribution in [3.63, 3.8) is 0 Å². The third-order valence-electron chi connectivity index (χ3n) is 4.97. The van der Waals surface area contributed by atoms with Crippen LogP contribution in [0, 0.1) is 0 Å². The number of aromatic nitrogens is 2. The van der Waals surface area contributed by atoms with Gasteiger partial charge < -0.3 is 25.6 Å². The number of nitrogens with zero attached hydrogens (tertiary/aromatic N) is 2. The number of hydrogen-bond acceptors (Lipinski definition) is 4. The van der Waals surface area contributed by atoms with Crippen LogP contribution in [-0.4, -0.2) is 26.7 Å². The molecule has 3 aromatic carbocycles. The van der Waals surface area contributed by atoms with Crippen molar-refractivity contribution in [2.45, 2.75) is 6.54 Å². The van der Waals surface area contributed by atoms with Crippen LogP contribution >= 0.6 is 27.5 Å². The third-order valence-corrected chi connectivity index (χ3v) is 5.82. The number of hydrogen-bond donors (Lipinski definition) is 4. The summed E-state index contributed by atoms with van der Waals surface area (Å²) in [5.41, 5.74) is 3.98. The van der Waals surface area contributed by atoms with Crippen LogP contribution in [0.5, 0.6) is 0 Å². The lowest BCUT2D eigenvalue weighted by molar-refractivity contribution is 0.102. The molecule has 0 aliphatic carbocycles. The van der Waals surface area contributed by atoms with E-state index < -0.39 is 6.09 Å². The average Bonchev–Trinajstić information content (AvgIpc) is 3.10. The summed E-state index contributed by atoms with van der Waals surface area (Å²) < 4.78 is 2.78. The van der Waals surface area contributed by atoms with Crippen molar-refractivity contribution in [1.82, 2.24) is 14.9 Å². The van der Waals surface area contributed by atoms with Crippen molar-refractivity contribution in [3.05, 3.63) is 81.3 Å². The molecule has 168 valence electrons. The first-order valence-electron chi connectivity index (χ1n) is 9.86. The molecular formula is C23H19BrClN5O3. The van der Waals surface area contributed by atoms with Crippen LogP contribution in [0.25, 0.3) is 11.0 Å². The average molecular weight is 529 g/mol. The number of carbonyl (C=O) groups is 2. The molecule has 8 nitrogen and oxygen atoms in total. The minimum atomic E-state index is -1.10. The fraction of sp³-hybridized carbons (Fsp3) is 0.0870. The Kier molecular flexibility index (Phi) is 6.52. The van der Waals surface area contributed by atoms with Gasteiger partial charge in [0.1, 0.15) is 0 Å². The van der Waals surface area contributed by atoms with Crippen LogP contribution in [-0.2, 0) is 13.6 Å². The van der Waals surface area contributed by atoms with Gasteiger partial charge in [-0.25, -0.2) is 9.78 Å². The third kappa shape index (κ3) is 5.27. The van der Waals surface area contributed by atoms with Crippen molar-refractivity contribution in [1.29, 1.82) is 0 Å². The molecule has 1 heterocycles. The van der Waals surface area contributed by atoms with Crippen LogP contribution in [0.4, 0.5) is 22.1 Å². The summed E-state index contributed by atoms with van der Waals surface area (Å²) in [5, 5.41) is 17.7. The molecular weight excluding hydrogens is 510 g/mol. The molecule has 0 aliphatic rings. The largest absolute Gasteiger partial charge is 0.465 e. The Balaban J connectivity index is 1.57. The molecule has 1 aromatic heterocycles. The van der Waals surface area contributed by atoms with Gasteiger partial charge in [0.2, 0.25) is 5.95 Å². The summed E-state index contributed by atoms with van der Waals surface area (Å²) in [5.74, 6) is 0.293. The molecule has 0 aliphatic heterocycles. The number of aryl methyl sites for hydroxylation is 1. The molecule has 0 spiro atoms. The maximum atomic E-state index is 12.7. The van der Waals surface area contributed by atoms with Crippen molar-refractivity contribution < 1.29 is 14.7 Å². The Hall–Kier alpha value is -3.56. The van der Waals surface area contributed by atoms with Crippen LogP contribution < -0.4 is 16.0 Å². The summed E-state index contributed by atoms with van der Waals surface area (Å²) in [6.45, 7) is 0.153. The monoisotopic (exact) mass is 527 g/mol. The number of halogens is 2. The topological polar surface area (TPSA) is 108 Å². The van der Waals surface area contributed by atoms with Crippen molar-refractivity contribution >= 4 is 67.9 Å².